The maximum Gasteiger partial charge on any atom is 0.263 e. The molecular formula is C17H18N4O2S2. The van der Waals surface area contributed by atoms with E-state index in [9.17, 15) is 9.59 Å². The van der Waals surface area contributed by atoms with Gasteiger partial charge in [-0.15, -0.1) is 22.7 Å². The summed E-state index contributed by atoms with van der Waals surface area (Å²) >= 11 is 2.99. The Kier molecular flexibility index (Phi) is 5.10. The summed E-state index contributed by atoms with van der Waals surface area (Å²) in [6.07, 6.45) is 1.52. The lowest BCUT2D eigenvalue weighted by Gasteiger charge is -2.08. The van der Waals surface area contributed by atoms with Crippen LogP contribution in [0.5, 0.6) is 0 Å². The fourth-order valence-corrected chi connectivity index (χ4v) is 4.10. The lowest BCUT2D eigenvalue weighted by Crippen LogP contribution is -2.32. The Labute approximate surface area is 153 Å². The second kappa shape index (κ2) is 7.28. The van der Waals surface area contributed by atoms with E-state index in [1.165, 1.54) is 22.2 Å². The smallest absolute Gasteiger partial charge is 0.263 e. The van der Waals surface area contributed by atoms with Gasteiger partial charge in [-0.3, -0.25) is 14.2 Å². The van der Waals surface area contributed by atoms with Gasteiger partial charge in [0.15, 0.2) is 0 Å². The van der Waals surface area contributed by atoms with Gasteiger partial charge in [-0.05, 0) is 32.2 Å². The van der Waals surface area contributed by atoms with Gasteiger partial charge in [0.25, 0.3) is 11.5 Å². The third-order valence-electron chi connectivity index (χ3n) is 3.89. The number of thiophene rings is 1. The van der Waals surface area contributed by atoms with E-state index in [1.54, 1.807) is 25.2 Å². The standard InChI is InChI=1S/C17H18N4O2S2/c1-10-11(2)19-9-21(17(10)23)7-6-18-15(22)14-12(3)20-16(25-14)13-5-4-8-24-13/h4-5,8-9H,6-7H2,1-3H3,(H,18,22). The maximum atomic E-state index is 12.4. The highest BCUT2D eigenvalue weighted by Gasteiger charge is 2.16. The highest BCUT2D eigenvalue weighted by molar-refractivity contribution is 7.22. The Bertz CT molecular complexity index is 958. The molecule has 0 aliphatic rings. The van der Waals surface area contributed by atoms with E-state index in [2.05, 4.69) is 15.3 Å². The molecule has 1 amide bonds. The average Bonchev–Trinajstić information content (AvgIpc) is 3.24. The average molecular weight is 374 g/mol. The van der Waals surface area contributed by atoms with Gasteiger partial charge in [-0.25, -0.2) is 9.97 Å². The minimum absolute atomic E-state index is 0.0734. The van der Waals surface area contributed by atoms with E-state index in [4.69, 9.17) is 0 Å². The molecule has 130 valence electrons. The number of nitrogens with zero attached hydrogens (tertiary/aromatic N) is 3. The second-order valence-electron chi connectivity index (χ2n) is 5.62. The molecule has 3 heterocycles. The van der Waals surface area contributed by atoms with Crippen molar-refractivity contribution in [1.82, 2.24) is 19.9 Å². The third-order valence-corrected chi connectivity index (χ3v) is 6.08. The van der Waals surface area contributed by atoms with Gasteiger partial charge in [0.1, 0.15) is 9.88 Å². The molecule has 0 bridgehead atoms. The Morgan fingerprint density at radius 1 is 1.28 bits per heavy atom. The Hall–Kier alpha value is -2.32. The minimum atomic E-state index is -0.164. The molecule has 0 aromatic carbocycles. The number of amides is 1. The van der Waals surface area contributed by atoms with Crippen molar-refractivity contribution in [2.45, 2.75) is 27.3 Å². The largest absolute Gasteiger partial charge is 0.349 e. The number of rotatable bonds is 5. The molecule has 0 saturated heterocycles. The quantitative estimate of drug-likeness (QED) is 0.745. The minimum Gasteiger partial charge on any atom is -0.349 e. The SMILES string of the molecule is Cc1nc(-c2cccs2)sc1C(=O)NCCn1cnc(C)c(C)c1=O. The fraction of sp³-hybridized carbons (Fsp3) is 0.294. The van der Waals surface area contributed by atoms with Crippen molar-refractivity contribution in [3.63, 3.8) is 0 Å². The predicted molar refractivity (Wildman–Crippen MR) is 100 cm³/mol. The molecule has 0 aliphatic heterocycles. The van der Waals surface area contributed by atoms with Gasteiger partial charge >= 0.3 is 0 Å². The normalized spacial score (nSPS) is 10.8. The first kappa shape index (κ1) is 17.5. The molecule has 3 aromatic heterocycles. The van der Waals surface area contributed by atoms with Crippen LogP contribution >= 0.6 is 22.7 Å². The molecule has 0 radical (unpaired) electrons. The van der Waals surface area contributed by atoms with Gasteiger partial charge in [0, 0.05) is 24.3 Å². The van der Waals surface area contributed by atoms with Gasteiger partial charge in [0.2, 0.25) is 0 Å². The van der Waals surface area contributed by atoms with E-state index < -0.39 is 0 Å². The van der Waals surface area contributed by atoms with Crippen LogP contribution in [0.2, 0.25) is 0 Å². The van der Waals surface area contributed by atoms with Crippen molar-refractivity contribution >= 4 is 28.6 Å². The maximum absolute atomic E-state index is 12.4. The van der Waals surface area contributed by atoms with Crippen molar-refractivity contribution in [3.05, 3.63) is 56.0 Å². The Morgan fingerprint density at radius 2 is 2.08 bits per heavy atom. The van der Waals surface area contributed by atoms with E-state index in [1.807, 2.05) is 24.4 Å². The summed E-state index contributed by atoms with van der Waals surface area (Å²) in [5, 5.41) is 5.70. The molecule has 3 aromatic rings. The molecule has 6 nitrogen and oxygen atoms in total. The van der Waals surface area contributed by atoms with Crippen molar-refractivity contribution in [2.75, 3.05) is 6.54 Å². The molecular weight excluding hydrogens is 356 g/mol. The molecule has 8 heteroatoms. The molecule has 3 rings (SSSR count). The highest BCUT2D eigenvalue weighted by Crippen LogP contribution is 2.30. The molecule has 0 spiro atoms. The third kappa shape index (κ3) is 3.69. The summed E-state index contributed by atoms with van der Waals surface area (Å²) in [5.41, 5.74) is 2.01. The first-order valence-electron chi connectivity index (χ1n) is 7.79. The monoisotopic (exact) mass is 374 g/mol. The van der Waals surface area contributed by atoms with Crippen LogP contribution in [0.1, 0.15) is 26.6 Å². The van der Waals surface area contributed by atoms with E-state index in [-0.39, 0.29) is 11.5 Å². The number of aromatic nitrogens is 3. The lowest BCUT2D eigenvalue weighted by atomic mass is 10.3. The number of aryl methyl sites for hydroxylation is 2. The van der Waals surface area contributed by atoms with Gasteiger partial charge in [0.05, 0.1) is 16.9 Å². The highest BCUT2D eigenvalue weighted by atomic mass is 32.1. The molecule has 0 aliphatic carbocycles. The molecule has 0 fully saturated rings. The summed E-state index contributed by atoms with van der Waals surface area (Å²) < 4.78 is 1.51. The van der Waals surface area contributed by atoms with Gasteiger partial charge in [-0.2, -0.15) is 0 Å². The number of hydrogen-bond acceptors (Lipinski definition) is 6. The zero-order valence-corrected chi connectivity index (χ0v) is 15.8. The predicted octanol–water partition coefficient (Wildman–Crippen LogP) is 2.78. The van der Waals surface area contributed by atoms with Crippen LogP contribution in [0.25, 0.3) is 9.88 Å². The summed E-state index contributed by atoms with van der Waals surface area (Å²) in [6.45, 7) is 6.14. The fourth-order valence-electron chi connectivity index (χ4n) is 2.32. The van der Waals surface area contributed by atoms with Crippen LogP contribution in [-0.4, -0.2) is 27.0 Å². The van der Waals surface area contributed by atoms with Crippen molar-refractivity contribution in [1.29, 1.82) is 0 Å². The molecule has 25 heavy (non-hydrogen) atoms. The van der Waals surface area contributed by atoms with E-state index >= 15 is 0 Å². The first-order chi connectivity index (χ1) is 12.0. The van der Waals surface area contributed by atoms with Crippen LogP contribution in [0.15, 0.2) is 28.6 Å². The summed E-state index contributed by atoms with van der Waals surface area (Å²) in [6, 6.07) is 3.95. The lowest BCUT2D eigenvalue weighted by molar-refractivity contribution is 0.0955. The first-order valence-corrected chi connectivity index (χ1v) is 9.49. The van der Waals surface area contributed by atoms with E-state index in [0.717, 1.165) is 21.3 Å². The van der Waals surface area contributed by atoms with Crippen LogP contribution < -0.4 is 10.9 Å². The summed E-state index contributed by atoms with van der Waals surface area (Å²) in [5.74, 6) is -0.164. The summed E-state index contributed by atoms with van der Waals surface area (Å²) in [7, 11) is 0. The number of nitrogens with one attached hydrogen (secondary N) is 1. The van der Waals surface area contributed by atoms with Crippen LogP contribution in [0.3, 0.4) is 0 Å². The van der Waals surface area contributed by atoms with Crippen molar-refractivity contribution in [3.8, 4) is 9.88 Å². The van der Waals surface area contributed by atoms with E-state index in [0.29, 0.717) is 23.5 Å². The van der Waals surface area contributed by atoms with Gasteiger partial charge < -0.3 is 5.32 Å². The number of thiazole rings is 1. The number of hydrogen-bond donors (Lipinski definition) is 1. The number of carbonyl (C=O) groups excluding carboxylic acids is 1. The van der Waals surface area contributed by atoms with Crippen molar-refractivity contribution in [2.24, 2.45) is 0 Å². The zero-order valence-electron chi connectivity index (χ0n) is 14.2. The topological polar surface area (TPSA) is 76.9 Å². The summed E-state index contributed by atoms with van der Waals surface area (Å²) in [4.78, 5) is 34.9. The Balaban J connectivity index is 1.66. The van der Waals surface area contributed by atoms with Crippen LogP contribution in [-0.2, 0) is 6.54 Å². The molecule has 0 atom stereocenters. The number of carbonyl (C=O) groups is 1. The zero-order chi connectivity index (χ0) is 18.0. The van der Waals surface area contributed by atoms with Crippen LogP contribution in [0.4, 0.5) is 0 Å². The van der Waals surface area contributed by atoms with Crippen molar-refractivity contribution < 1.29 is 4.79 Å². The Morgan fingerprint density at radius 3 is 2.80 bits per heavy atom. The second-order valence-corrected chi connectivity index (χ2v) is 7.57. The molecule has 1 N–H and O–H groups in total. The molecule has 0 unspecified atom stereocenters. The van der Waals surface area contributed by atoms with Crippen LogP contribution in [0, 0.1) is 20.8 Å². The molecule has 0 saturated carbocycles. The van der Waals surface area contributed by atoms with Gasteiger partial charge in [-0.1, -0.05) is 6.07 Å².